The van der Waals surface area contributed by atoms with Crippen LogP contribution in [0.5, 0.6) is 11.5 Å². The molecule has 6 nitrogen and oxygen atoms in total. The van der Waals surface area contributed by atoms with E-state index in [2.05, 4.69) is 0 Å². The first-order chi connectivity index (χ1) is 11.9. The predicted molar refractivity (Wildman–Crippen MR) is 98.9 cm³/mol. The van der Waals surface area contributed by atoms with E-state index in [0.29, 0.717) is 22.8 Å². The lowest BCUT2D eigenvalue weighted by atomic mass is 10.1. The van der Waals surface area contributed by atoms with Crippen LogP contribution in [-0.2, 0) is 16.0 Å². The van der Waals surface area contributed by atoms with Crippen LogP contribution in [0.1, 0.15) is 25.0 Å². The molecule has 132 valence electrons. The van der Waals surface area contributed by atoms with Crippen molar-refractivity contribution >= 4 is 46.3 Å². The standard InChI is InChI=1S/C17H17NO5S2/c1-3-22-12-5-10-4-9(2)23-13(10)6-11(12)7-14-16(21)18(8-15(19)20)17(24)25-14/h5-7,9H,3-4,8H2,1-2H3,(H,19,20)/b14-7-. The minimum Gasteiger partial charge on any atom is -0.493 e. The zero-order chi connectivity index (χ0) is 18.1. The van der Waals surface area contributed by atoms with Crippen molar-refractivity contribution in [3.63, 3.8) is 0 Å². The van der Waals surface area contributed by atoms with Crippen molar-refractivity contribution in [1.82, 2.24) is 4.90 Å². The summed E-state index contributed by atoms with van der Waals surface area (Å²) >= 11 is 6.20. The van der Waals surface area contributed by atoms with Crippen molar-refractivity contribution in [2.24, 2.45) is 0 Å². The third-order valence-electron chi connectivity index (χ3n) is 3.78. The molecule has 2 aliphatic heterocycles. The SMILES string of the molecule is CCOc1cc2c(cc1/C=C1\SC(=S)N(CC(=O)O)C1=O)OC(C)C2. The lowest BCUT2D eigenvalue weighted by Gasteiger charge is -2.11. The summed E-state index contributed by atoms with van der Waals surface area (Å²) in [5.74, 6) is -0.0622. The third-order valence-corrected chi connectivity index (χ3v) is 5.16. The number of carbonyl (C=O) groups is 2. The van der Waals surface area contributed by atoms with Crippen LogP contribution in [0.15, 0.2) is 17.0 Å². The van der Waals surface area contributed by atoms with Gasteiger partial charge in [-0.25, -0.2) is 0 Å². The van der Waals surface area contributed by atoms with E-state index in [4.69, 9.17) is 26.8 Å². The summed E-state index contributed by atoms with van der Waals surface area (Å²) in [5, 5.41) is 8.91. The van der Waals surface area contributed by atoms with E-state index in [9.17, 15) is 9.59 Å². The van der Waals surface area contributed by atoms with Gasteiger partial charge in [-0.2, -0.15) is 0 Å². The van der Waals surface area contributed by atoms with E-state index in [1.165, 1.54) is 0 Å². The van der Waals surface area contributed by atoms with Gasteiger partial charge in [-0.1, -0.05) is 24.0 Å². The number of ether oxygens (including phenoxy) is 2. The van der Waals surface area contributed by atoms with Crippen LogP contribution < -0.4 is 9.47 Å². The molecule has 0 aromatic heterocycles. The van der Waals surface area contributed by atoms with E-state index >= 15 is 0 Å². The molecule has 1 N–H and O–H groups in total. The van der Waals surface area contributed by atoms with Crippen molar-refractivity contribution < 1.29 is 24.2 Å². The maximum Gasteiger partial charge on any atom is 0.323 e. The molecule has 0 radical (unpaired) electrons. The van der Waals surface area contributed by atoms with Gasteiger partial charge in [-0.15, -0.1) is 0 Å². The second kappa shape index (κ2) is 7.05. The van der Waals surface area contributed by atoms with Gasteiger partial charge in [0, 0.05) is 17.5 Å². The molecular weight excluding hydrogens is 362 g/mol. The number of amides is 1. The molecule has 1 unspecified atom stereocenters. The molecule has 1 atom stereocenters. The average molecular weight is 379 g/mol. The number of carbonyl (C=O) groups excluding carboxylic acids is 1. The van der Waals surface area contributed by atoms with Gasteiger partial charge >= 0.3 is 5.97 Å². The Morgan fingerprint density at radius 3 is 3.00 bits per heavy atom. The van der Waals surface area contributed by atoms with Gasteiger partial charge in [0.05, 0.1) is 11.5 Å². The Labute approximate surface area is 154 Å². The topological polar surface area (TPSA) is 76.1 Å². The highest BCUT2D eigenvalue weighted by atomic mass is 32.2. The van der Waals surface area contributed by atoms with E-state index in [1.54, 1.807) is 6.08 Å². The number of benzene rings is 1. The molecule has 1 fully saturated rings. The summed E-state index contributed by atoms with van der Waals surface area (Å²) in [6.45, 7) is 3.95. The van der Waals surface area contributed by atoms with Crippen LogP contribution in [0.2, 0.25) is 0 Å². The Morgan fingerprint density at radius 2 is 2.32 bits per heavy atom. The second-order valence-corrected chi connectivity index (χ2v) is 7.40. The maximum absolute atomic E-state index is 12.4. The quantitative estimate of drug-likeness (QED) is 0.623. The van der Waals surface area contributed by atoms with Gasteiger partial charge in [0.25, 0.3) is 5.91 Å². The van der Waals surface area contributed by atoms with Crippen LogP contribution in [-0.4, -0.2) is 45.5 Å². The number of rotatable bonds is 5. The van der Waals surface area contributed by atoms with Crippen LogP contribution in [0.4, 0.5) is 0 Å². The van der Waals surface area contributed by atoms with Crippen molar-refractivity contribution in [1.29, 1.82) is 0 Å². The van der Waals surface area contributed by atoms with E-state index in [0.717, 1.165) is 34.4 Å². The Morgan fingerprint density at radius 1 is 1.56 bits per heavy atom. The average Bonchev–Trinajstić information content (AvgIpc) is 3.01. The zero-order valence-corrected chi connectivity index (χ0v) is 15.4. The van der Waals surface area contributed by atoms with Crippen molar-refractivity contribution in [2.75, 3.05) is 13.2 Å². The first-order valence-electron chi connectivity index (χ1n) is 7.82. The third kappa shape index (κ3) is 3.64. The van der Waals surface area contributed by atoms with Gasteiger partial charge in [0.1, 0.15) is 28.5 Å². The van der Waals surface area contributed by atoms with E-state index < -0.39 is 18.4 Å². The molecule has 0 saturated carbocycles. The number of hydrogen-bond donors (Lipinski definition) is 1. The number of nitrogens with zero attached hydrogens (tertiary/aromatic N) is 1. The molecule has 2 aliphatic rings. The number of thiocarbonyl (C=S) groups is 1. The van der Waals surface area contributed by atoms with Crippen molar-refractivity contribution in [3.05, 3.63) is 28.2 Å². The molecule has 0 aliphatic carbocycles. The first-order valence-corrected chi connectivity index (χ1v) is 9.05. The monoisotopic (exact) mass is 379 g/mol. The Bertz CT molecular complexity index is 789. The van der Waals surface area contributed by atoms with Gasteiger partial charge in [0.2, 0.25) is 0 Å². The summed E-state index contributed by atoms with van der Waals surface area (Å²) < 4.78 is 11.7. The summed E-state index contributed by atoms with van der Waals surface area (Å²) in [6, 6.07) is 3.79. The molecule has 1 saturated heterocycles. The van der Waals surface area contributed by atoms with Crippen LogP contribution in [0.25, 0.3) is 6.08 Å². The largest absolute Gasteiger partial charge is 0.493 e. The Hall–Kier alpha value is -2.06. The van der Waals surface area contributed by atoms with Crippen molar-refractivity contribution in [2.45, 2.75) is 26.4 Å². The highest BCUT2D eigenvalue weighted by molar-refractivity contribution is 8.26. The normalized spacial score (nSPS) is 20.8. The molecule has 25 heavy (non-hydrogen) atoms. The summed E-state index contributed by atoms with van der Waals surface area (Å²) in [6.07, 6.45) is 2.60. The molecule has 8 heteroatoms. The second-order valence-electron chi connectivity index (χ2n) is 5.72. The molecule has 1 amide bonds. The molecular formula is C17H17NO5S2. The molecule has 0 bridgehead atoms. The fourth-order valence-electron chi connectivity index (χ4n) is 2.76. The number of thioether (sulfide) groups is 1. The minimum absolute atomic E-state index is 0.105. The van der Waals surface area contributed by atoms with Gasteiger partial charge < -0.3 is 14.6 Å². The maximum atomic E-state index is 12.4. The number of fused-ring (bicyclic) bond motifs is 1. The minimum atomic E-state index is -1.10. The van der Waals surface area contributed by atoms with Gasteiger partial charge in [-0.3, -0.25) is 14.5 Å². The molecule has 1 aromatic rings. The number of carboxylic acid groups (broad SMARTS) is 1. The fraction of sp³-hybridized carbons (Fsp3) is 0.353. The number of aliphatic carboxylic acids is 1. The van der Waals surface area contributed by atoms with Crippen molar-refractivity contribution in [3.8, 4) is 11.5 Å². The highest BCUT2D eigenvalue weighted by Gasteiger charge is 2.33. The fourth-order valence-corrected chi connectivity index (χ4v) is 4.01. The predicted octanol–water partition coefficient (Wildman–Crippen LogP) is 2.69. The lowest BCUT2D eigenvalue weighted by molar-refractivity contribution is -0.140. The first kappa shape index (κ1) is 17.8. The summed E-state index contributed by atoms with van der Waals surface area (Å²) in [7, 11) is 0. The smallest absolute Gasteiger partial charge is 0.323 e. The lowest BCUT2D eigenvalue weighted by Crippen LogP contribution is -2.33. The van der Waals surface area contributed by atoms with Gasteiger partial charge in [0.15, 0.2) is 0 Å². The highest BCUT2D eigenvalue weighted by Crippen LogP contribution is 2.39. The Balaban J connectivity index is 1.95. The van der Waals surface area contributed by atoms with E-state index in [1.807, 2.05) is 26.0 Å². The summed E-state index contributed by atoms with van der Waals surface area (Å²) in [5.41, 5.74) is 1.79. The van der Waals surface area contributed by atoms with Gasteiger partial charge in [-0.05, 0) is 32.1 Å². The number of hydrogen-bond acceptors (Lipinski definition) is 6. The molecule has 2 heterocycles. The summed E-state index contributed by atoms with van der Waals surface area (Å²) in [4.78, 5) is 24.8. The van der Waals surface area contributed by atoms with Crippen LogP contribution >= 0.6 is 24.0 Å². The zero-order valence-electron chi connectivity index (χ0n) is 13.8. The Kier molecular flexibility index (Phi) is 5.01. The van der Waals surface area contributed by atoms with E-state index in [-0.39, 0.29) is 10.4 Å². The van der Waals surface area contributed by atoms with Crippen LogP contribution in [0.3, 0.4) is 0 Å². The molecule has 0 spiro atoms. The molecule has 3 rings (SSSR count). The van der Waals surface area contributed by atoms with Crippen LogP contribution in [0, 0.1) is 0 Å². The number of carboxylic acids is 1. The molecule has 1 aromatic carbocycles.